The van der Waals surface area contributed by atoms with E-state index in [0.29, 0.717) is 23.8 Å². The lowest BCUT2D eigenvalue weighted by molar-refractivity contribution is 0.122. The fraction of sp³-hybridized carbons (Fsp3) is 0.263. The fourth-order valence-electron chi connectivity index (χ4n) is 3.06. The van der Waals surface area contributed by atoms with Crippen LogP contribution in [0.3, 0.4) is 0 Å². The highest BCUT2D eigenvalue weighted by atomic mass is 35.5. The predicted octanol–water partition coefficient (Wildman–Crippen LogP) is 3.99. The molecule has 3 aromatic rings. The first kappa shape index (κ1) is 20.3. The molecule has 1 saturated heterocycles. The Morgan fingerprint density at radius 3 is 2.77 bits per heavy atom. The number of fused-ring (bicyclic) bond motifs is 1. The number of hydrogen-bond donors (Lipinski definition) is 2. The Hall–Kier alpha value is -2.95. The smallest absolute Gasteiger partial charge is 0.415 e. The molecule has 1 fully saturated rings. The molecule has 2 aromatic heterocycles. The van der Waals surface area contributed by atoms with Crippen LogP contribution in [0.2, 0.25) is 5.28 Å². The molecule has 2 N–H and O–H groups in total. The third-order valence-corrected chi connectivity index (χ3v) is 5.97. The first-order chi connectivity index (χ1) is 14.4. The van der Waals surface area contributed by atoms with Crippen molar-refractivity contribution in [3.8, 4) is 10.4 Å². The topological polar surface area (TPSA) is 108 Å². The largest absolute Gasteiger partial charge is 0.465 e. The third-order valence-electron chi connectivity index (χ3n) is 4.63. The maximum atomic E-state index is 12.0. The summed E-state index contributed by atoms with van der Waals surface area (Å²) in [5.74, 6) is 0.789. The van der Waals surface area contributed by atoms with E-state index in [4.69, 9.17) is 21.4 Å². The molecule has 0 unspecified atom stereocenters. The van der Waals surface area contributed by atoms with Gasteiger partial charge in [-0.25, -0.2) is 19.5 Å². The number of benzene rings is 1. The minimum atomic E-state index is -1.33. The number of carbonyl (C=O) groups excluding carboxylic acids is 1. The van der Waals surface area contributed by atoms with Crippen LogP contribution in [0.15, 0.2) is 30.3 Å². The summed E-state index contributed by atoms with van der Waals surface area (Å²) in [6.07, 6.45) is -1.33. The number of anilines is 2. The molecular formula is C19H18ClN5O4S. The van der Waals surface area contributed by atoms with E-state index in [2.05, 4.69) is 20.2 Å². The lowest BCUT2D eigenvalue weighted by atomic mass is 10.1. The molecule has 0 atom stereocenters. The van der Waals surface area contributed by atoms with Crippen molar-refractivity contribution in [3.05, 3.63) is 35.6 Å². The van der Waals surface area contributed by atoms with Crippen LogP contribution in [0.5, 0.6) is 0 Å². The maximum Gasteiger partial charge on any atom is 0.415 e. The Labute approximate surface area is 180 Å². The van der Waals surface area contributed by atoms with Gasteiger partial charge in [0.1, 0.15) is 0 Å². The molecule has 4 rings (SSSR count). The normalized spacial score (nSPS) is 14.0. The van der Waals surface area contributed by atoms with Crippen molar-refractivity contribution in [3.63, 3.8) is 0 Å². The van der Waals surface area contributed by atoms with Crippen LogP contribution in [0, 0.1) is 0 Å². The molecule has 9 nitrogen and oxygen atoms in total. The molecule has 11 heteroatoms. The molecule has 0 saturated carbocycles. The van der Waals surface area contributed by atoms with Gasteiger partial charge in [0.25, 0.3) is 0 Å². The van der Waals surface area contributed by atoms with Crippen molar-refractivity contribution in [2.24, 2.45) is 0 Å². The monoisotopic (exact) mass is 447 g/mol. The number of morpholine rings is 1. The summed E-state index contributed by atoms with van der Waals surface area (Å²) >= 11 is 7.70. The highest BCUT2D eigenvalue weighted by Crippen LogP contribution is 2.38. The van der Waals surface area contributed by atoms with Gasteiger partial charge >= 0.3 is 12.1 Å². The lowest BCUT2D eigenvalue weighted by Crippen LogP contribution is -2.36. The zero-order valence-corrected chi connectivity index (χ0v) is 17.5. The van der Waals surface area contributed by atoms with Crippen LogP contribution >= 0.6 is 22.9 Å². The van der Waals surface area contributed by atoms with Crippen molar-refractivity contribution in [1.82, 2.24) is 14.9 Å². The number of imide groups is 1. The second kappa shape index (κ2) is 8.42. The summed E-state index contributed by atoms with van der Waals surface area (Å²) in [5.41, 5.74) is 2.09. The van der Waals surface area contributed by atoms with Crippen molar-refractivity contribution in [1.29, 1.82) is 0 Å². The highest BCUT2D eigenvalue weighted by molar-refractivity contribution is 7.22. The third kappa shape index (κ3) is 4.16. The number of carboxylic acid groups (broad SMARTS) is 1. The van der Waals surface area contributed by atoms with Crippen molar-refractivity contribution < 1.29 is 19.4 Å². The Kier molecular flexibility index (Phi) is 5.71. The number of amides is 3. The van der Waals surface area contributed by atoms with Crippen LogP contribution in [-0.2, 0) is 4.74 Å². The summed E-state index contributed by atoms with van der Waals surface area (Å²) in [7, 11) is 1.18. The first-order valence-corrected chi connectivity index (χ1v) is 10.3. The summed E-state index contributed by atoms with van der Waals surface area (Å²) in [4.78, 5) is 35.4. The molecular weight excluding hydrogens is 430 g/mol. The van der Waals surface area contributed by atoms with E-state index in [1.807, 2.05) is 12.1 Å². The Morgan fingerprint density at radius 1 is 1.27 bits per heavy atom. The molecule has 3 heterocycles. The Morgan fingerprint density at radius 2 is 2.03 bits per heavy atom. The van der Waals surface area contributed by atoms with Crippen LogP contribution in [0.1, 0.15) is 0 Å². The second-order valence-corrected chi connectivity index (χ2v) is 7.98. The molecule has 3 amide bonds. The van der Waals surface area contributed by atoms with Gasteiger partial charge in [-0.15, -0.1) is 11.3 Å². The minimum Gasteiger partial charge on any atom is -0.465 e. The predicted molar refractivity (Wildman–Crippen MR) is 116 cm³/mol. The summed E-state index contributed by atoms with van der Waals surface area (Å²) in [6.45, 7) is 2.73. The van der Waals surface area contributed by atoms with E-state index in [1.165, 1.54) is 18.4 Å². The molecule has 156 valence electrons. The highest BCUT2D eigenvalue weighted by Gasteiger charge is 2.20. The first-order valence-electron chi connectivity index (χ1n) is 9.10. The van der Waals surface area contributed by atoms with E-state index >= 15 is 0 Å². The van der Waals surface area contributed by atoms with E-state index in [0.717, 1.165) is 39.6 Å². The van der Waals surface area contributed by atoms with Gasteiger partial charge in [-0.3, -0.25) is 0 Å². The average Bonchev–Trinajstić information content (AvgIpc) is 3.17. The Balaban J connectivity index is 1.67. The summed E-state index contributed by atoms with van der Waals surface area (Å²) < 4.78 is 6.35. The van der Waals surface area contributed by atoms with E-state index in [-0.39, 0.29) is 5.28 Å². The van der Waals surface area contributed by atoms with Gasteiger partial charge in [0, 0.05) is 30.7 Å². The number of hydrogen-bond acceptors (Lipinski definition) is 7. The SMILES string of the molecule is CN(C(=O)O)C(=O)Nc1cccc(-c2cc3nc(Cl)nc(N4CCOCC4)c3s2)c1. The number of nitrogens with zero attached hydrogens (tertiary/aromatic N) is 4. The summed E-state index contributed by atoms with van der Waals surface area (Å²) in [5, 5.41) is 11.7. The number of ether oxygens (including phenoxy) is 1. The van der Waals surface area contributed by atoms with Gasteiger partial charge in [-0.05, 0) is 35.4 Å². The van der Waals surface area contributed by atoms with E-state index < -0.39 is 12.1 Å². The van der Waals surface area contributed by atoms with Crippen molar-refractivity contribution in [2.45, 2.75) is 0 Å². The molecule has 1 aliphatic heterocycles. The van der Waals surface area contributed by atoms with Crippen LogP contribution in [0.4, 0.5) is 21.1 Å². The average molecular weight is 448 g/mol. The Bertz CT molecular complexity index is 1120. The van der Waals surface area contributed by atoms with Gasteiger partial charge in [0.15, 0.2) is 5.82 Å². The van der Waals surface area contributed by atoms with Crippen LogP contribution in [-0.4, -0.2) is 65.4 Å². The molecule has 0 spiro atoms. The van der Waals surface area contributed by atoms with Gasteiger partial charge in [0.2, 0.25) is 5.28 Å². The number of aromatic nitrogens is 2. The molecule has 0 bridgehead atoms. The van der Waals surface area contributed by atoms with Gasteiger partial charge < -0.3 is 20.1 Å². The second-order valence-electron chi connectivity index (χ2n) is 6.59. The van der Waals surface area contributed by atoms with Gasteiger partial charge in [-0.2, -0.15) is 4.98 Å². The minimum absolute atomic E-state index is 0.186. The fourth-order valence-corrected chi connectivity index (χ4v) is 4.34. The number of rotatable bonds is 3. The number of urea groups is 1. The number of nitrogens with one attached hydrogen (secondary N) is 1. The van der Waals surface area contributed by atoms with Crippen molar-refractivity contribution >= 4 is 56.8 Å². The van der Waals surface area contributed by atoms with E-state index in [1.54, 1.807) is 18.2 Å². The van der Waals surface area contributed by atoms with Gasteiger partial charge in [0.05, 0.1) is 23.4 Å². The number of carbonyl (C=O) groups is 2. The van der Waals surface area contributed by atoms with E-state index in [9.17, 15) is 9.59 Å². The molecule has 0 aliphatic carbocycles. The van der Waals surface area contributed by atoms with Crippen molar-refractivity contribution in [2.75, 3.05) is 43.6 Å². The standard InChI is InChI=1S/C19H18ClN5O4S/c1-24(19(27)28)18(26)21-12-4-2-3-11(9-12)14-10-13-15(30-14)16(23-17(20)22-13)25-5-7-29-8-6-25/h2-4,9-10H,5-8H2,1H3,(H,21,26)(H,27,28). The zero-order valence-electron chi connectivity index (χ0n) is 16.0. The van der Waals surface area contributed by atoms with Crippen LogP contribution < -0.4 is 10.2 Å². The number of halogens is 1. The lowest BCUT2D eigenvalue weighted by Gasteiger charge is -2.28. The van der Waals surface area contributed by atoms with Crippen LogP contribution in [0.25, 0.3) is 20.7 Å². The maximum absolute atomic E-state index is 12.0. The summed E-state index contributed by atoms with van der Waals surface area (Å²) in [6, 6.07) is 8.37. The quantitative estimate of drug-likeness (QED) is 0.584. The molecule has 30 heavy (non-hydrogen) atoms. The molecule has 1 aromatic carbocycles. The molecule has 0 radical (unpaired) electrons. The molecule has 1 aliphatic rings. The van der Waals surface area contributed by atoms with Gasteiger partial charge in [-0.1, -0.05) is 12.1 Å². The number of thiophene rings is 1. The zero-order chi connectivity index (χ0) is 21.3.